The van der Waals surface area contributed by atoms with E-state index >= 15 is 0 Å². The molecule has 0 bridgehead atoms. The van der Waals surface area contributed by atoms with Crippen LogP contribution >= 0.6 is 0 Å². The summed E-state index contributed by atoms with van der Waals surface area (Å²) in [5.74, 6) is 0.0446. The summed E-state index contributed by atoms with van der Waals surface area (Å²) >= 11 is 0. The summed E-state index contributed by atoms with van der Waals surface area (Å²) in [5.41, 5.74) is 6.30. The second-order valence-electron chi connectivity index (χ2n) is 5.89. The van der Waals surface area contributed by atoms with Gasteiger partial charge in [-0.3, -0.25) is 9.78 Å². The monoisotopic (exact) mass is 277 g/mol. The van der Waals surface area contributed by atoms with Crippen LogP contribution in [0.3, 0.4) is 0 Å². The van der Waals surface area contributed by atoms with Crippen molar-refractivity contribution in [2.45, 2.75) is 39.4 Å². The van der Waals surface area contributed by atoms with E-state index in [1.54, 1.807) is 6.20 Å². The second-order valence-corrected chi connectivity index (χ2v) is 5.89. The Morgan fingerprint density at radius 1 is 1.60 bits per heavy atom. The van der Waals surface area contributed by atoms with Crippen LogP contribution in [0.1, 0.15) is 26.5 Å². The van der Waals surface area contributed by atoms with E-state index in [1.807, 2.05) is 43.9 Å². The van der Waals surface area contributed by atoms with Crippen molar-refractivity contribution >= 4 is 5.91 Å². The Kier molecular flexibility index (Phi) is 4.40. The van der Waals surface area contributed by atoms with Gasteiger partial charge in [0.1, 0.15) is 0 Å². The van der Waals surface area contributed by atoms with Crippen LogP contribution in [0.15, 0.2) is 24.4 Å². The first kappa shape index (κ1) is 14.9. The number of amides is 1. The van der Waals surface area contributed by atoms with Crippen molar-refractivity contribution in [3.05, 3.63) is 30.1 Å². The zero-order valence-corrected chi connectivity index (χ0v) is 12.4. The van der Waals surface area contributed by atoms with Crippen LogP contribution in [0.4, 0.5) is 0 Å². The molecule has 0 aromatic carbocycles. The zero-order chi connectivity index (χ0) is 14.8. The molecule has 20 heavy (non-hydrogen) atoms. The summed E-state index contributed by atoms with van der Waals surface area (Å²) in [5, 5.41) is 0. The predicted octanol–water partition coefficient (Wildman–Crippen LogP) is 1.18. The molecule has 1 amide bonds. The molecule has 1 fully saturated rings. The highest BCUT2D eigenvalue weighted by Crippen LogP contribution is 2.30. The lowest BCUT2D eigenvalue weighted by Gasteiger charge is -2.35. The maximum absolute atomic E-state index is 12.9. The molecular weight excluding hydrogens is 254 g/mol. The predicted molar refractivity (Wildman–Crippen MR) is 76.8 cm³/mol. The molecule has 1 aromatic rings. The van der Waals surface area contributed by atoms with E-state index in [2.05, 4.69) is 4.98 Å². The van der Waals surface area contributed by atoms with Gasteiger partial charge >= 0.3 is 0 Å². The average Bonchev–Trinajstić information content (AvgIpc) is 2.77. The number of hydrogen-bond donors (Lipinski definition) is 1. The van der Waals surface area contributed by atoms with Gasteiger partial charge in [0.2, 0.25) is 5.91 Å². The Morgan fingerprint density at radius 3 is 2.85 bits per heavy atom. The summed E-state index contributed by atoms with van der Waals surface area (Å²) in [7, 11) is 0. The summed E-state index contributed by atoms with van der Waals surface area (Å²) in [6.07, 6.45) is 1.74. The maximum Gasteiger partial charge on any atom is 0.233 e. The molecule has 1 aliphatic heterocycles. The number of hydrogen-bond acceptors (Lipinski definition) is 4. The van der Waals surface area contributed by atoms with Gasteiger partial charge in [-0.1, -0.05) is 6.07 Å². The zero-order valence-electron chi connectivity index (χ0n) is 12.4. The molecule has 0 saturated carbocycles. The van der Waals surface area contributed by atoms with Crippen LogP contribution in [-0.2, 0) is 16.1 Å². The lowest BCUT2D eigenvalue weighted by molar-refractivity contribution is -0.144. The summed E-state index contributed by atoms with van der Waals surface area (Å²) in [6, 6.07) is 5.56. The number of rotatable bonds is 4. The topological polar surface area (TPSA) is 68.5 Å². The van der Waals surface area contributed by atoms with Crippen molar-refractivity contribution in [3.8, 4) is 0 Å². The standard InChI is InChI=1S/C15H23N3O2/c1-11(2)18(8-12-6-4-5-7-17-12)14(19)15(3)10-20-9-13(15)16/h4-7,11,13H,8-10,16H2,1-3H3. The minimum Gasteiger partial charge on any atom is -0.379 e. The van der Waals surface area contributed by atoms with Crippen LogP contribution in [0.5, 0.6) is 0 Å². The van der Waals surface area contributed by atoms with E-state index in [1.165, 1.54) is 0 Å². The molecule has 1 aliphatic rings. The number of aromatic nitrogens is 1. The molecule has 2 atom stereocenters. The molecule has 110 valence electrons. The molecule has 5 nitrogen and oxygen atoms in total. The molecule has 2 unspecified atom stereocenters. The number of nitrogens with two attached hydrogens (primary N) is 1. The normalized spacial score (nSPS) is 25.9. The van der Waals surface area contributed by atoms with Gasteiger partial charge < -0.3 is 15.4 Å². The molecule has 1 aromatic heterocycles. The molecule has 5 heteroatoms. The molecule has 2 heterocycles. The van der Waals surface area contributed by atoms with Crippen LogP contribution < -0.4 is 5.73 Å². The Balaban J connectivity index is 2.19. The van der Waals surface area contributed by atoms with Crippen LogP contribution in [-0.4, -0.2) is 41.1 Å². The molecular formula is C15H23N3O2. The average molecular weight is 277 g/mol. The summed E-state index contributed by atoms with van der Waals surface area (Å²) in [4.78, 5) is 19.0. The van der Waals surface area contributed by atoms with Crippen molar-refractivity contribution in [1.82, 2.24) is 9.88 Å². The summed E-state index contributed by atoms with van der Waals surface area (Å²) in [6.45, 7) is 7.23. The van der Waals surface area contributed by atoms with Gasteiger partial charge in [0.05, 0.1) is 30.9 Å². The molecule has 0 aliphatic carbocycles. The minimum absolute atomic E-state index is 0.0446. The third kappa shape index (κ3) is 2.83. The number of ether oxygens (including phenoxy) is 1. The van der Waals surface area contributed by atoms with Crippen molar-refractivity contribution in [2.24, 2.45) is 11.1 Å². The van der Waals surface area contributed by atoms with Crippen molar-refractivity contribution in [2.75, 3.05) is 13.2 Å². The minimum atomic E-state index is -0.640. The Bertz CT molecular complexity index is 463. The van der Waals surface area contributed by atoms with Gasteiger partial charge in [0, 0.05) is 18.3 Å². The second kappa shape index (κ2) is 5.89. The Hall–Kier alpha value is -1.46. The van der Waals surface area contributed by atoms with E-state index in [0.717, 1.165) is 5.69 Å². The van der Waals surface area contributed by atoms with E-state index in [0.29, 0.717) is 19.8 Å². The highest BCUT2D eigenvalue weighted by Gasteiger charge is 2.46. The van der Waals surface area contributed by atoms with Gasteiger partial charge in [0.25, 0.3) is 0 Å². The van der Waals surface area contributed by atoms with E-state index in [9.17, 15) is 4.79 Å². The fraction of sp³-hybridized carbons (Fsp3) is 0.600. The quantitative estimate of drug-likeness (QED) is 0.897. The molecule has 2 N–H and O–H groups in total. The molecule has 2 rings (SSSR count). The van der Waals surface area contributed by atoms with Crippen LogP contribution in [0.2, 0.25) is 0 Å². The highest BCUT2D eigenvalue weighted by molar-refractivity contribution is 5.84. The van der Waals surface area contributed by atoms with Gasteiger partial charge in [-0.25, -0.2) is 0 Å². The lowest BCUT2D eigenvalue weighted by Crippen LogP contribution is -2.53. The maximum atomic E-state index is 12.9. The Morgan fingerprint density at radius 2 is 2.35 bits per heavy atom. The van der Waals surface area contributed by atoms with Crippen LogP contribution in [0.25, 0.3) is 0 Å². The summed E-state index contributed by atoms with van der Waals surface area (Å²) < 4.78 is 5.39. The first-order valence-electron chi connectivity index (χ1n) is 6.99. The van der Waals surface area contributed by atoms with Gasteiger partial charge in [-0.05, 0) is 32.9 Å². The van der Waals surface area contributed by atoms with Crippen molar-refractivity contribution in [3.63, 3.8) is 0 Å². The van der Waals surface area contributed by atoms with E-state index in [-0.39, 0.29) is 18.0 Å². The van der Waals surface area contributed by atoms with Gasteiger partial charge in [-0.2, -0.15) is 0 Å². The van der Waals surface area contributed by atoms with Gasteiger partial charge in [0.15, 0.2) is 0 Å². The highest BCUT2D eigenvalue weighted by atomic mass is 16.5. The molecule has 1 saturated heterocycles. The third-order valence-electron chi connectivity index (χ3n) is 3.95. The lowest BCUT2D eigenvalue weighted by atomic mass is 9.84. The van der Waals surface area contributed by atoms with Crippen molar-refractivity contribution in [1.29, 1.82) is 0 Å². The third-order valence-corrected chi connectivity index (χ3v) is 3.95. The first-order chi connectivity index (χ1) is 9.45. The largest absolute Gasteiger partial charge is 0.379 e. The number of carbonyl (C=O) groups excluding carboxylic acids is 1. The Labute approximate surface area is 120 Å². The number of carbonyl (C=O) groups is 1. The molecule has 0 radical (unpaired) electrons. The van der Waals surface area contributed by atoms with E-state index in [4.69, 9.17) is 10.5 Å². The van der Waals surface area contributed by atoms with Crippen molar-refractivity contribution < 1.29 is 9.53 Å². The fourth-order valence-corrected chi connectivity index (χ4v) is 2.39. The number of pyridine rings is 1. The fourth-order valence-electron chi connectivity index (χ4n) is 2.39. The van der Waals surface area contributed by atoms with Gasteiger partial charge in [-0.15, -0.1) is 0 Å². The SMILES string of the molecule is CC(C)N(Cc1ccccn1)C(=O)C1(C)COCC1N. The van der Waals surface area contributed by atoms with E-state index < -0.39 is 5.41 Å². The molecule has 0 spiro atoms. The number of nitrogens with zero attached hydrogens (tertiary/aromatic N) is 2. The smallest absolute Gasteiger partial charge is 0.233 e. The van der Waals surface area contributed by atoms with Crippen LogP contribution in [0, 0.1) is 5.41 Å². The first-order valence-corrected chi connectivity index (χ1v) is 6.99.